The van der Waals surface area contributed by atoms with Crippen LogP contribution in [0.25, 0.3) is 0 Å². The Hall–Kier alpha value is -2.61. The highest BCUT2D eigenvalue weighted by atomic mass is 16.4. The van der Waals surface area contributed by atoms with Crippen LogP contribution in [-0.4, -0.2) is 40.3 Å². The molecule has 2 atom stereocenters. The Balaban J connectivity index is 2.70. The highest BCUT2D eigenvalue weighted by Gasteiger charge is 2.25. The molecular weight excluding hydrogens is 278 g/mol. The van der Waals surface area contributed by atoms with E-state index in [0.717, 1.165) is 5.56 Å². The number of carbonyl (C=O) groups excluding carboxylic acids is 2. The Morgan fingerprint density at radius 1 is 1.24 bits per heavy atom. The molecule has 8 heteroatoms. The molecule has 1 aromatic carbocycles. The van der Waals surface area contributed by atoms with Gasteiger partial charge in [0.05, 0.1) is 6.10 Å². The van der Waals surface area contributed by atoms with E-state index in [1.807, 2.05) is 0 Å². The maximum absolute atomic E-state index is 11.9. The molecule has 2 unspecified atom stereocenters. The Morgan fingerprint density at radius 2 is 1.81 bits per heavy atom. The molecule has 0 fully saturated rings. The van der Waals surface area contributed by atoms with Crippen LogP contribution in [0.4, 0.5) is 4.79 Å². The lowest BCUT2D eigenvalue weighted by molar-refractivity contribution is -0.141. The zero-order valence-corrected chi connectivity index (χ0v) is 11.4. The Bertz CT molecular complexity index is 527. The first kappa shape index (κ1) is 16.4. The predicted octanol–water partition coefficient (Wildman–Crippen LogP) is -0.581. The fourth-order valence-electron chi connectivity index (χ4n) is 1.58. The van der Waals surface area contributed by atoms with Gasteiger partial charge in [0.25, 0.3) is 5.91 Å². The van der Waals surface area contributed by atoms with E-state index in [9.17, 15) is 19.5 Å². The lowest BCUT2D eigenvalue weighted by atomic mass is 10.1. The quantitative estimate of drug-likeness (QED) is 0.477. The minimum atomic E-state index is -1.38. The second-order valence-electron chi connectivity index (χ2n) is 4.44. The van der Waals surface area contributed by atoms with Gasteiger partial charge in [0.2, 0.25) is 0 Å². The minimum Gasteiger partial charge on any atom is -0.480 e. The van der Waals surface area contributed by atoms with Crippen LogP contribution in [0.3, 0.4) is 0 Å². The number of nitrogens with one attached hydrogen (secondary N) is 2. The smallest absolute Gasteiger partial charge is 0.328 e. The zero-order valence-electron chi connectivity index (χ0n) is 11.4. The maximum atomic E-state index is 11.9. The van der Waals surface area contributed by atoms with Gasteiger partial charge >= 0.3 is 12.0 Å². The Kier molecular flexibility index (Phi) is 5.67. The van der Waals surface area contributed by atoms with Gasteiger partial charge in [-0.15, -0.1) is 0 Å². The summed E-state index contributed by atoms with van der Waals surface area (Å²) in [6, 6.07) is 4.13. The third-order valence-corrected chi connectivity index (χ3v) is 2.72. The van der Waals surface area contributed by atoms with Crippen LogP contribution in [0.2, 0.25) is 0 Å². The molecule has 0 aliphatic rings. The molecule has 114 valence electrons. The molecule has 0 spiro atoms. The molecule has 6 N–H and O–H groups in total. The first-order chi connectivity index (χ1) is 9.81. The monoisotopic (exact) mass is 295 g/mol. The predicted molar refractivity (Wildman–Crippen MR) is 73.4 cm³/mol. The molecule has 0 aliphatic heterocycles. The number of aliphatic hydroxyl groups excluding tert-OH is 1. The van der Waals surface area contributed by atoms with E-state index in [1.165, 1.54) is 19.1 Å². The molecule has 1 aromatic rings. The van der Waals surface area contributed by atoms with Crippen LogP contribution in [-0.2, 0) is 11.3 Å². The van der Waals surface area contributed by atoms with Gasteiger partial charge < -0.3 is 26.6 Å². The molecule has 0 saturated carbocycles. The van der Waals surface area contributed by atoms with Gasteiger partial charge in [-0.3, -0.25) is 4.79 Å². The zero-order chi connectivity index (χ0) is 16.0. The Labute approximate surface area is 120 Å². The number of rotatable bonds is 6. The molecule has 3 amide bonds. The number of urea groups is 1. The van der Waals surface area contributed by atoms with Gasteiger partial charge in [0, 0.05) is 12.1 Å². The lowest BCUT2D eigenvalue weighted by Crippen LogP contribution is -2.47. The van der Waals surface area contributed by atoms with Gasteiger partial charge in [0.1, 0.15) is 0 Å². The molecule has 0 saturated heterocycles. The SMILES string of the molecule is CC(O)C(NC(=O)c1ccc(CNC(N)=O)cc1)C(=O)O. The van der Waals surface area contributed by atoms with Crippen molar-refractivity contribution in [2.75, 3.05) is 0 Å². The van der Waals surface area contributed by atoms with Crippen molar-refractivity contribution < 1.29 is 24.6 Å². The first-order valence-electron chi connectivity index (χ1n) is 6.15. The molecule has 21 heavy (non-hydrogen) atoms. The van der Waals surface area contributed by atoms with Crippen molar-refractivity contribution in [2.45, 2.75) is 25.6 Å². The average molecular weight is 295 g/mol. The molecule has 8 nitrogen and oxygen atoms in total. The van der Waals surface area contributed by atoms with E-state index in [1.54, 1.807) is 12.1 Å². The summed E-state index contributed by atoms with van der Waals surface area (Å²) in [6.07, 6.45) is -1.22. The second-order valence-corrected chi connectivity index (χ2v) is 4.44. The number of carboxylic acid groups (broad SMARTS) is 1. The molecule has 0 radical (unpaired) electrons. The summed E-state index contributed by atoms with van der Waals surface area (Å²) in [5.74, 6) is -1.93. The number of primary amides is 1. The summed E-state index contributed by atoms with van der Waals surface area (Å²) in [6.45, 7) is 1.50. The van der Waals surface area contributed by atoms with Gasteiger partial charge in [0.15, 0.2) is 6.04 Å². The standard InChI is InChI=1S/C13H17N3O5/c1-7(17)10(12(19)20)16-11(18)9-4-2-8(3-5-9)6-15-13(14)21/h2-5,7,10,17H,6H2,1H3,(H,16,18)(H,19,20)(H3,14,15,21). The summed E-state index contributed by atoms with van der Waals surface area (Å²) in [7, 11) is 0. The number of hydrogen-bond donors (Lipinski definition) is 5. The van der Waals surface area contributed by atoms with Crippen molar-refractivity contribution in [3.8, 4) is 0 Å². The average Bonchev–Trinajstić information content (AvgIpc) is 2.42. The van der Waals surface area contributed by atoms with E-state index in [4.69, 9.17) is 10.8 Å². The van der Waals surface area contributed by atoms with Gasteiger partial charge in [-0.25, -0.2) is 9.59 Å². The lowest BCUT2D eigenvalue weighted by Gasteiger charge is -2.17. The van der Waals surface area contributed by atoms with Crippen LogP contribution in [0.15, 0.2) is 24.3 Å². The van der Waals surface area contributed by atoms with Crippen molar-refractivity contribution >= 4 is 17.9 Å². The van der Waals surface area contributed by atoms with Crippen molar-refractivity contribution in [1.82, 2.24) is 10.6 Å². The summed E-state index contributed by atoms with van der Waals surface area (Å²) in [5, 5.41) is 22.8. The Morgan fingerprint density at radius 3 is 2.24 bits per heavy atom. The van der Waals surface area contributed by atoms with Crippen LogP contribution >= 0.6 is 0 Å². The topological polar surface area (TPSA) is 142 Å². The number of hydrogen-bond acceptors (Lipinski definition) is 4. The summed E-state index contributed by atoms with van der Waals surface area (Å²) >= 11 is 0. The fraction of sp³-hybridized carbons (Fsp3) is 0.308. The molecule has 0 bridgehead atoms. The van der Waals surface area contributed by atoms with Crippen LogP contribution in [0, 0.1) is 0 Å². The van der Waals surface area contributed by atoms with Gasteiger partial charge in [-0.1, -0.05) is 12.1 Å². The highest BCUT2D eigenvalue weighted by Crippen LogP contribution is 2.05. The maximum Gasteiger partial charge on any atom is 0.328 e. The van der Waals surface area contributed by atoms with Crippen LogP contribution in [0.1, 0.15) is 22.8 Å². The van der Waals surface area contributed by atoms with Crippen LogP contribution < -0.4 is 16.4 Å². The number of amides is 3. The summed E-state index contributed by atoms with van der Waals surface area (Å²) < 4.78 is 0. The minimum absolute atomic E-state index is 0.225. The van der Waals surface area contributed by atoms with Crippen molar-refractivity contribution in [3.63, 3.8) is 0 Å². The summed E-state index contributed by atoms with van der Waals surface area (Å²) in [5.41, 5.74) is 5.91. The normalized spacial score (nSPS) is 13.0. The number of benzene rings is 1. The van der Waals surface area contributed by atoms with Gasteiger partial charge in [-0.05, 0) is 24.6 Å². The van der Waals surface area contributed by atoms with Gasteiger partial charge in [-0.2, -0.15) is 0 Å². The number of aliphatic hydroxyl groups is 1. The molecule has 0 heterocycles. The first-order valence-corrected chi connectivity index (χ1v) is 6.15. The third-order valence-electron chi connectivity index (χ3n) is 2.72. The second kappa shape index (κ2) is 7.25. The number of aliphatic carboxylic acids is 1. The van der Waals surface area contributed by atoms with E-state index < -0.39 is 30.1 Å². The third kappa shape index (κ3) is 5.11. The van der Waals surface area contributed by atoms with E-state index in [0.29, 0.717) is 0 Å². The summed E-state index contributed by atoms with van der Waals surface area (Å²) in [4.78, 5) is 33.3. The molecule has 1 rings (SSSR count). The van der Waals surface area contributed by atoms with Crippen molar-refractivity contribution in [2.24, 2.45) is 5.73 Å². The van der Waals surface area contributed by atoms with Crippen LogP contribution in [0.5, 0.6) is 0 Å². The van der Waals surface area contributed by atoms with E-state index >= 15 is 0 Å². The van der Waals surface area contributed by atoms with E-state index in [-0.39, 0.29) is 12.1 Å². The molecular formula is C13H17N3O5. The van der Waals surface area contributed by atoms with E-state index in [2.05, 4.69) is 10.6 Å². The highest BCUT2D eigenvalue weighted by molar-refractivity contribution is 5.96. The number of carbonyl (C=O) groups is 3. The fourth-order valence-corrected chi connectivity index (χ4v) is 1.58. The van der Waals surface area contributed by atoms with Crippen molar-refractivity contribution in [3.05, 3.63) is 35.4 Å². The molecule has 0 aliphatic carbocycles. The number of carboxylic acids is 1. The largest absolute Gasteiger partial charge is 0.480 e. The number of nitrogens with two attached hydrogens (primary N) is 1. The molecule has 0 aromatic heterocycles. The van der Waals surface area contributed by atoms with Crippen molar-refractivity contribution in [1.29, 1.82) is 0 Å².